The number of ether oxygens (including phenoxy) is 2. The topological polar surface area (TPSA) is 93.7 Å². The van der Waals surface area contributed by atoms with Gasteiger partial charge in [0.15, 0.2) is 6.61 Å². The van der Waals surface area contributed by atoms with Gasteiger partial charge in [-0.25, -0.2) is 0 Å². The largest absolute Gasteiger partial charge is 0.497 e. The highest BCUT2D eigenvalue weighted by Crippen LogP contribution is 2.18. The molecule has 3 aromatic rings. The van der Waals surface area contributed by atoms with Crippen molar-refractivity contribution in [3.8, 4) is 5.75 Å². The lowest BCUT2D eigenvalue weighted by Crippen LogP contribution is -2.34. The third-order valence-corrected chi connectivity index (χ3v) is 4.65. The molecule has 160 valence electrons. The Labute approximate surface area is 180 Å². The number of methoxy groups -OCH3 is 1. The number of rotatable bonds is 9. The van der Waals surface area contributed by atoms with Gasteiger partial charge in [-0.3, -0.25) is 14.4 Å². The third kappa shape index (κ3) is 6.57. The second kappa shape index (κ2) is 10.8. The summed E-state index contributed by atoms with van der Waals surface area (Å²) in [6, 6.07) is 20.8. The fourth-order valence-electron chi connectivity index (χ4n) is 3.08. The Morgan fingerprint density at radius 2 is 1.65 bits per heavy atom. The first-order valence-electron chi connectivity index (χ1n) is 9.84. The highest BCUT2D eigenvalue weighted by atomic mass is 16.5. The molecule has 0 heterocycles. The van der Waals surface area contributed by atoms with Gasteiger partial charge < -0.3 is 20.1 Å². The van der Waals surface area contributed by atoms with E-state index in [-0.39, 0.29) is 25.4 Å². The molecule has 3 aromatic carbocycles. The van der Waals surface area contributed by atoms with Crippen LogP contribution in [0.5, 0.6) is 5.75 Å². The Kier molecular flexibility index (Phi) is 7.59. The van der Waals surface area contributed by atoms with Gasteiger partial charge in [-0.05, 0) is 34.0 Å². The van der Waals surface area contributed by atoms with Gasteiger partial charge in [0.25, 0.3) is 5.91 Å². The van der Waals surface area contributed by atoms with E-state index < -0.39 is 18.5 Å². The first-order chi connectivity index (χ1) is 15.0. The van der Waals surface area contributed by atoms with Gasteiger partial charge in [-0.15, -0.1) is 0 Å². The number of hydrogen-bond acceptors (Lipinski definition) is 5. The number of fused-ring (bicyclic) bond motifs is 1. The first-order valence-corrected chi connectivity index (χ1v) is 9.84. The highest BCUT2D eigenvalue weighted by molar-refractivity contribution is 5.91. The zero-order valence-corrected chi connectivity index (χ0v) is 17.2. The normalized spacial score (nSPS) is 10.4. The van der Waals surface area contributed by atoms with Crippen molar-refractivity contribution in [2.45, 2.75) is 13.0 Å². The molecule has 0 spiro atoms. The molecular formula is C24H24N2O5. The van der Waals surface area contributed by atoms with E-state index in [9.17, 15) is 14.4 Å². The lowest BCUT2D eigenvalue weighted by molar-refractivity contribution is -0.148. The maximum absolute atomic E-state index is 12.2. The molecule has 7 nitrogen and oxygen atoms in total. The third-order valence-electron chi connectivity index (χ3n) is 4.65. The number of hydrogen-bond donors (Lipinski definition) is 2. The Bertz CT molecular complexity index is 1080. The summed E-state index contributed by atoms with van der Waals surface area (Å²) in [5.41, 5.74) is 1.74. The van der Waals surface area contributed by atoms with Gasteiger partial charge in [-0.1, -0.05) is 54.6 Å². The molecule has 2 N–H and O–H groups in total. The summed E-state index contributed by atoms with van der Waals surface area (Å²) in [7, 11) is 1.57. The Morgan fingerprint density at radius 1 is 0.871 bits per heavy atom. The predicted molar refractivity (Wildman–Crippen MR) is 116 cm³/mol. The summed E-state index contributed by atoms with van der Waals surface area (Å²) >= 11 is 0. The standard InChI is InChI=1S/C24H24N2O5/c1-30-20-10-4-6-17(12-20)14-25-23(28)16-31-24(29)15-26-22(27)13-19-9-5-8-18-7-2-3-11-21(18)19/h2-12H,13-16H2,1H3,(H,25,28)(H,26,27). The highest BCUT2D eigenvalue weighted by Gasteiger charge is 2.11. The summed E-state index contributed by atoms with van der Waals surface area (Å²) in [5.74, 6) is -0.714. The Balaban J connectivity index is 1.38. The van der Waals surface area contributed by atoms with E-state index in [1.165, 1.54) is 0 Å². The van der Waals surface area contributed by atoms with Crippen LogP contribution >= 0.6 is 0 Å². The summed E-state index contributed by atoms with van der Waals surface area (Å²) in [6.45, 7) is -0.426. The van der Waals surface area contributed by atoms with Crippen molar-refractivity contribution in [3.05, 3.63) is 77.9 Å². The molecule has 0 saturated heterocycles. The summed E-state index contributed by atoms with van der Waals surface area (Å²) < 4.78 is 10.0. The molecule has 7 heteroatoms. The van der Waals surface area contributed by atoms with E-state index in [2.05, 4.69) is 10.6 Å². The fourth-order valence-corrected chi connectivity index (χ4v) is 3.08. The van der Waals surface area contributed by atoms with Crippen molar-refractivity contribution >= 4 is 28.6 Å². The molecular weight excluding hydrogens is 396 g/mol. The van der Waals surface area contributed by atoms with Crippen LogP contribution in [0.3, 0.4) is 0 Å². The van der Waals surface area contributed by atoms with E-state index in [0.717, 1.165) is 21.9 Å². The average molecular weight is 420 g/mol. The second-order valence-corrected chi connectivity index (χ2v) is 6.88. The minimum atomic E-state index is -0.678. The minimum absolute atomic E-state index is 0.148. The molecule has 3 rings (SSSR count). The number of amides is 2. The summed E-state index contributed by atoms with van der Waals surface area (Å²) in [4.78, 5) is 35.9. The van der Waals surface area contributed by atoms with Gasteiger partial charge in [0.05, 0.1) is 13.5 Å². The molecule has 0 saturated carbocycles. The SMILES string of the molecule is COc1cccc(CNC(=O)COC(=O)CNC(=O)Cc2cccc3ccccc23)c1. The second-order valence-electron chi connectivity index (χ2n) is 6.88. The van der Waals surface area contributed by atoms with Gasteiger partial charge in [0.1, 0.15) is 12.3 Å². The van der Waals surface area contributed by atoms with Crippen LogP contribution in [0.2, 0.25) is 0 Å². The molecule has 0 fully saturated rings. The molecule has 31 heavy (non-hydrogen) atoms. The van der Waals surface area contributed by atoms with Crippen molar-refractivity contribution in [2.75, 3.05) is 20.3 Å². The monoisotopic (exact) mass is 420 g/mol. The first kappa shape index (κ1) is 21.8. The maximum Gasteiger partial charge on any atom is 0.325 e. The molecule has 0 aliphatic heterocycles. The zero-order valence-electron chi connectivity index (χ0n) is 17.2. The van der Waals surface area contributed by atoms with Crippen LogP contribution in [0.15, 0.2) is 66.7 Å². The average Bonchev–Trinajstić information content (AvgIpc) is 2.80. The lowest BCUT2D eigenvalue weighted by atomic mass is 10.0. The lowest BCUT2D eigenvalue weighted by Gasteiger charge is -2.09. The van der Waals surface area contributed by atoms with Gasteiger partial charge in [-0.2, -0.15) is 0 Å². The molecule has 0 atom stereocenters. The van der Waals surface area contributed by atoms with Crippen molar-refractivity contribution in [2.24, 2.45) is 0 Å². The number of carbonyl (C=O) groups is 3. The van der Waals surface area contributed by atoms with Crippen molar-refractivity contribution in [1.29, 1.82) is 0 Å². The Morgan fingerprint density at radius 3 is 2.48 bits per heavy atom. The molecule has 0 aliphatic rings. The van der Waals surface area contributed by atoms with Crippen LogP contribution in [0.4, 0.5) is 0 Å². The minimum Gasteiger partial charge on any atom is -0.497 e. The van der Waals surface area contributed by atoms with Crippen LogP contribution in [0, 0.1) is 0 Å². The van der Waals surface area contributed by atoms with E-state index in [1.807, 2.05) is 60.7 Å². The van der Waals surface area contributed by atoms with Crippen molar-refractivity contribution in [1.82, 2.24) is 10.6 Å². The molecule has 0 radical (unpaired) electrons. The molecule has 2 amide bonds. The van der Waals surface area contributed by atoms with Gasteiger partial charge >= 0.3 is 5.97 Å². The quantitative estimate of drug-likeness (QED) is 0.519. The van der Waals surface area contributed by atoms with Crippen LogP contribution in [0.1, 0.15) is 11.1 Å². The summed E-state index contributed by atoms with van der Waals surface area (Å²) in [6.07, 6.45) is 0.148. The number of esters is 1. The van der Waals surface area contributed by atoms with Crippen LogP contribution in [0.25, 0.3) is 10.8 Å². The van der Waals surface area contributed by atoms with E-state index in [1.54, 1.807) is 13.2 Å². The molecule has 0 aliphatic carbocycles. The Hall–Kier alpha value is -3.87. The summed E-state index contributed by atoms with van der Waals surface area (Å²) in [5, 5.41) is 7.24. The van der Waals surface area contributed by atoms with Gasteiger partial charge in [0.2, 0.25) is 5.91 Å². The predicted octanol–water partition coefficient (Wildman–Crippen LogP) is 2.37. The van der Waals surface area contributed by atoms with Gasteiger partial charge in [0, 0.05) is 6.54 Å². The van der Waals surface area contributed by atoms with Crippen LogP contribution in [-0.2, 0) is 32.1 Å². The fraction of sp³-hybridized carbons (Fsp3) is 0.208. The van der Waals surface area contributed by atoms with Crippen molar-refractivity contribution in [3.63, 3.8) is 0 Å². The maximum atomic E-state index is 12.2. The van der Waals surface area contributed by atoms with E-state index >= 15 is 0 Å². The number of benzene rings is 3. The van der Waals surface area contributed by atoms with Crippen LogP contribution < -0.4 is 15.4 Å². The molecule has 0 bridgehead atoms. The molecule has 0 unspecified atom stereocenters. The van der Waals surface area contributed by atoms with E-state index in [0.29, 0.717) is 5.75 Å². The zero-order chi connectivity index (χ0) is 22.1. The van der Waals surface area contributed by atoms with E-state index in [4.69, 9.17) is 9.47 Å². The van der Waals surface area contributed by atoms with Crippen molar-refractivity contribution < 1.29 is 23.9 Å². The number of carbonyl (C=O) groups excluding carboxylic acids is 3. The number of nitrogens with one attached hydrogen (secondary N) is 2. The smallest absolute Gasteiger partial charge is 0.325 e. The molecule has 0 aromatic heterocycles. The van der Waals surface area contributed by atoms with Crippen LogP contribution in [-0.4, -0.2) is 38.0 Å².